The van der Waals surface area contributed by atoms with Gasteiger partial charge in [0.1, 0.15) is 26.3 Å². The summed E-state index contributed by atoms with van der Waals surface area (Å²) in [6.45, 7) is 7.34. The lowest BCUT2D eigenvalue weighted by Crippen LogP contribution is -2.55. The van der Waals surface area contributed by atoms with Gasteiger partial charge in [-0.05, 0) is 0 Å². The van der Waals surface area contributed by atoms with Gasteiger partial charge in [-0.25, -0.2) is 28.1 Å². The maximum Gasteiger partial charge on any atom is 0.341 e. The van der Waals surface area contributed by atoms with Crippen LogP contribution in [-0.4, -0.2) is 65.3 Å². The SMILES string of the molecule is C=C=Cn1c(=O)n(CC(=O)OCC2(C)COC2)c(=O)n(CC(=O)OCC2(C)COC2)c1=O. The maximum atomic E-state index is 12.8. The summed E-state index contributed by atoms with van der Waals surface area (Å²) in [6.07, 6.45) is 0.910. The molecule has 32 heavy (non-hydrogen) atoms. The van der Waals surface area contributed by atoms with Gasteiger partial charge < -0.3 is 18.9 Å². The van der Waals surface area contributed by atoms with Gasteiger partial charge >= 0.3 is 29.0 Å². The van der Waals surface area contributed by atoms with Crippen LogP contribution in [-0.2, 0) is 41.6 Å². The maximum absolute atomic E-state index is 12.8. The molecule has 0 aromatic carbocycles. The van der Waals surface area contributed by atoms with E-state index in [0.717, 1.165) is 6.20 Å². The van der Waals surface area contributed by atoms with Gasteiger partial charge in [0.05, 0.1) is 32.6 Å². The van der Waals surface area contributed by atoms with Crippen molar-refractivity contribution in [1.29, 1.82) is 0 Å². The highest BCUT2D eigenvalue weighted by Gasteiger charge is 2.36. The number of aromatic nitrogens is 3. The fourth-order valence-corrected chi connectivity index (χ4v) is 3.05. The summed E-state index contributed by atoms with van der Waals surface area (Å²) >= 11 is 0. The zero-order valence-corrected chi connectivity index (χ0v) is 18.0. The average molecular weight is 451 g/mol. The number of esters is 2. The van der Waals surface area contributed by atoms with Crippen LogP contribution in [0, 0.1) is 10.8 Å². The zero-order valence-electron chi connectivity index (χ0n) is 18.0. The Balaban J connectivity index is 1.82. The Hall–Kier alpha value is -3.21. The summed E-state index contributed by atoms with van der Waals surface area (Å²) in [4.78, 5) is 62.5. The molecule has 1 aromatic heterocycles. The van der Waals surface area contributed by atoms with Crippen molar-refractivity contribution in [3.63, 3.8) is 0 Å². The molecule has 0 N–H and O–H groups in total. The smallest absolute Gasteiger partial charge is 0.341 e. The third kappa shape index (κ3) is 4.98. The van der Waals surface area contributed by atoms with E-state index < -0.39 is 42.1 Å². The summed E-state index contributed by atoms with van der Waals surface area (Å²) < 4.78 is 22.0. The lowest BCUT2D eigenvalue weighted by molar-refractivity contribution is -0.166. The fourth-order valence-electron chi connectivity index (χ4n) is 3.05. The molecule has 0 unspecified atom stereocenters. The number of carbonyl (C=O) groups excluding carboxylic acids is 2. The van der Waals surface area contributed by atoms with Gasteiger partial charge in [0.15, 0.2) is 0 Å². The van der Waals surface area contributed by atoms with Crippen molar-refractivity contribution in [3.05, 3.63) is 43.8 Å². The second-order valence-electron chi connectivity index (χ2n) is 8.65. The largest absolute Gasteiger partial charge is 0.464 e. The van der Waals surface area contributed by atoms with Gasteiger partial charge in [-0.3, -0.25) is 9.59 Å². The molecule has 0 amide bonds. The second-order valence-corrected chi connectivity index (χ2v) is 8.65. The molecule has 0 spiro atoms. The number of hydrogen-bond donors (Lipinski definition) is 0. The molecule has 174 valence electrons. The van der Waals surface area contributed by atoms with Crippen molar-refractivity contribution in [2.45, 2.75) is 26.9 Å². The van der Waals surface area contributed by atoms with Crippen molar-refractivity contribution in [2.75, 3.05) is 39.6 Å². The number of nitrogens with zero attached hydrogens (tertiary/aromatic N) is 3. The van der Waals surface area contributed by atoms with Gasteiger partial charge in [0.25, 0.3) is 0 Å². The van der Waals surface area contributed by atoms with Gasteiger partial charge in [-0.15, -0.1) is 5.73 Å². The second kappa shape index (κ2) is 9.11. The summed E-state index contributed by atoms with van der Waals surface area (Å²) in [6, 6.07) is 0. The first-order valence-corrected chi connectivity index (χ1v) is 9.86. The van der Waals surface area contributed by atoms with E-state index in [1.54, 1.807) is 0 Å². The highest BCUT2D eigenvalue weighted by molar-refractivity contribution is 5.69. The highest BCUT2D eigenvalue weighted by atomic mass is 16.6. The third-order valence-electron chi connectivity index (χ3n) is 5.10. The molecule has 2 aliphatic rings. The van der Waals surface area contributed by atoms with E-state index in [-0.39, 0.29) is 24.0 Å². The lowest BCUT2D eigenvalue weighted by Gasteiger charge is -2.37. The molecule has 2 saturated heterocycles. The Labute approximate surface area is 182 Å². The van der Waals surface area contributed by atoms with Crippen LogP contribution in [0.4, 0.5) is 0 Å². The first kappa shape index (κ1) is 23.5. The Bertz CT molecular complexity index is 1050. The van der Waals surface area contributed by atoms with Crippen LogP contribution < -0.4 is 17.1 Å². The fraction of sp³-hybridized carbons (Fsp3) is 0.600. The van der Waals surface area contributed by atoms with Crippen molar-refractivity contribution in [2.24, 2.45) is 10.8 Å². The molecule has 0 aliphatic carbocycles. The average Bonchev–Trinajstić information content (AvgIpc) is 2.71. The van der Waals surface area contributed by atoms with Crippen molar-refractivity contribution < 1.29 is 28.5 Å². The summed E-state index contributed by atoms with van der Waals surface area (Å²) in [7, 11) is 0. The highest BCUT2D eigenvalue weighted by Crippen LogP contribution is 2.27. The first-order chi connectivity index (χ1) is 15.1. The Morgan fingerprint density at radius 2 is 1.31 bits per heavy atom. The molecule has 3 heterocycles. The van der Waals surface area contributed by atoms with E-state index in [1.807, 2.05) is 13.8 Å². The first-order valence-electron chi connectivity index (χ1n) is 9.86. The van der Waals surface area contributed by atoms with Crippen LogP contribution in [0.3, 0.4) is 0 Å². The van der Waals surface area contributed by atoms with E-state index >= 15 is 0 Å². The van der Waals surface area contributed by atoms with Gasteiger partial charge in [-0.2, -0.15) is 0 Å². The number of rotatable bonds is 9. The predicted molar refractivity (Wildman–Crippen MR) is 109 cm³/mol. The summed E-state index contributed by atoms with van der Waals surface area (Å²) in [5.74, 6) is -1.70. The predicted octanol–water partition coefficient (Wildman–Crippen LogP) is -1.41. The topological polar surface area (TPSA) is 137 Å². The zero-order chi connectivity index (χ0) is 23.5. The summed E-state index contributed by atoms with van der Waals surface area (Å²) in [5.41, 5.74) is -1.69. The van der Waals surface area contributed by atoms with E-state index in [0.29, 0.717) is 40.1 Å². The number of ether oxygens (including phenoxy) is 4. The van der Waals surface area contributed by atoms with Gasteiger partial charge in [-0.1, -0.05) is 20.4 Å². The Kier molecular flexibility index (Phi) is 6.68. The van der Waals surface area contributed by atoms with E-state index in [9.17, 15) is 24.0 Å². The van der Waals surface area contributed by atoms with Crippen LogP contribution in [0.25, 0.3) is 6.20 Å². The number of carbonyl (C=O) groups is 2. The molecule has 0 atom stereocenters. The molecule has 2 fully saturated rings. The Morgan fingerprint density at radius 1 is 0.906 bits per heavy atom. The van der Waals surface area contributed by atoms with Crippen LogP contribution in [0.15, 0.2) is 26.7 Å². The van der Waals surface area contributed by atoms with Crippen LogP contribution in [0.2, 0.25) is 0 Å². The quantitative estimate of drug-likeness (QED) is 0.327. The monoisotopic (exact) mass is 451 g/mol. The summed E-state index contributed by atoms with van der Waals surface area (Å²) in [5, 5.41) is 0. The van der Waals surface area contributed by atoms with Crippen LogP contribution in [0.5, 0.6) is 0 Å². The standard InChI is InChI=1S/C20H25N3O9/c1-4-5-21-16(26)22(6-14(24)31-12-19(2)8-29-9-19)18(28)23(17(21)27)7-15(25)32-13-20(3)10-30-11-20/h5H,1,6-13H2,2-3H3. The normalized spacial score (nSPS) is 17.9. The minimum Gasteiger partial charge on any atom is -0.464 e. The lowest BCUT2D eigenvalue weighted by atomic mass is 9.90. The molecule has 0 saturated carbocycles. The third-order valence-corrected chi connectivity index (χ3v) is 5.10. The molecular formula is C20H25N3O9. The molecule has 12 nitrogen and oxygen atoms in total. The molecule has 0 radical (unpaired) electrons. The molecular weight excluding hydrogens is 426 g/mol. The van der Waals surface area contributed by atoms with E-state index in [1.165, 1.54) is 0 Å². The molecule has 1 aromatic rings. The minimum atomic E-state index is -1.14. The van der Waals surface area contributed by atoms with Crippen molar-refractivity contribution in [3.8, 4) is 0 Å². The van der Waals surface area contributed by atoms with Crippen molar-refractivity contribution >= 4 is 18.1 Å². The minimum absolute atomic E-state index is 0.0514. The van der Waals surface area contributed by atoms with Crippen molar-refractivity contribution in [1.82, 2.24) is 13.7 Å². The van der Waals surface area contributed by atoms with Crippen LogP contribution >= 0.6 is 0 Å². The number of hydrogen-bond acceptors (Lipinski definition) is 9. The Morgan fingerprint density at radius 3 is 1.62 bits per heavy atom. The van der Waals surface area contributed by atoms with E-state index in [2.05, 4.69) is 12.3 Å². The van der Waals surface area contributed by atoms with E-state index in [4.69, 9.17) is 18.9 Å². The molecule has 12 heteroatoms. The van der Waals surface area contributed by atoms with Crippen LogP contribution in [0.1, 0.15) is 13.8 Å². The molecule has 0 bridgehead atoms. The van der Waals surface area contributed by atoms with Gasteiger partial charge in [0, 0.05) is 10.8 Å². The molecule has 2 aliphatic heterocycles. The molecule has 3 rings (SSSR count). The van der Waals surface area contributed by atoms with Gasteiger partial charge in [0.2, 0.25) is 0 Å².